The first kappa shape index (κ1) is 59.2. The number of rotatable bonds is 24. The standard InChI is InChI=1S/3C12H20O5.2Al/c3*1-4-8(5-2)10(15)12(6-3,11(16)17)7-9(13)14;;/h3*8H,4-7H2,1-3H3,(H,13,14)(H,16,17);;/q;;;2*+3/p-6. The molecular formula is C36H54Al2O15. The average Bonchev–Trinajstić information content (AvgIpc) is 3.06. The summed E-state index contributed by atoms with van der Waals surface area (Å²) in [6, 6.07) is 0. The minimum absolute atomic E-state index is 0. The van der Waals surface area contributed by atoms with Gasteiger partial charge in [-0.1, -0.05) is 62.3 Å². The van der Waals surface area contributed by atoms with Crippen molar-refractivity contribution in [3.63, 3.8) is 0 Å². The number of carboxylic acid groups (broad SMARTS) is 6. The molecule has 0 aromatic heterocycles. The van der Waals surface area contributed by atoms with Gasteiger partial charge in [-0.25, -0.2) is 0 Å². The summed E-state index contributed by atoms with van der Waals surface area (Å²) in [5.41, 5.74) is -5.85. The molecule has 0 aromatic carbocycles. The minimum Gasteiger partial charge on any atom is -0.550 e. The number of aliphatic carboxylic acids is 6. The van der Waals surface area contributed by atoms with Crippen molar-refractivity contribution in [2.45, 2.75) is 139 Å². The Morgan fingerprint density at radius 2 is 0.509 bits per heavy atom. The fourth-order valence-electron chi connectivity index (χ4n) is 6.00. The first-order valence-corrected chi connectivity index (χ1v) is 17.4. The molecule has 15 nitrogen and oxygen atoms in total. The smallest absolute Gasteiger partial charge is 0.550 e. The predicted molar refractivity (Wildman–Crippen MR) is 181 cm³/mol. The second-order valence-electron chi connectivity index (χ2n) is 12.4. The summed E-state index contributed by atoms with van der Waals surface area (Å²) in [6.07, 6.45) is 0.151. The zero-order valence-electron chi connectivity index (χ0n) is 32.5. The van der Waals surface area contributed by atoms with Gasteiger partial charge in [-0.2, -0.15) is 0 Å². The molecular weight excluding hydrogens is 726 g/mol. The van der Waals surface area contributed by atoms with E-state index in [0.29, 0.717) is 38.5 Å². The molecule has 0 amide bonds. The first-order chi connectivity index (χ1) is 23.6. The van der Waals surface area contributed by atoms with E-state index in [1.807, 2.05) is 0 Å². The van der Waals surface area contributed by atoms with Gasteiger partial charge in [0.2, 0.25) is 0 Å². The summed E-state index contributed by atoms with van der Waals surface area (Å²) in [4.78, 5) is 102. The molecule has 0 aliphatic rings. The summed E-state index contributed by atoms with van der Waals surface area (Å²) < 4.78 is 0. The first-order valence-electron chi connectivity index (χ1n) is 17.4. The van der Waals surface area contributed by atoms with Gasteiger partial charge < -0.3 is 59.4 Å². The average molecular weight is 781 g/mol. The molecule has 0 saturated carbocycles. The van der Waals surface area contributed by atoms with Crippen molar-refractivity contribution >= 4 is 87.9 Å². The molecule has 294 valence electrons. The molecule has 0 heterocycles. The zero-order valence-corrected chi connectivity index (χ0v) is 34.8. The monoisotopic (exact) mass is 780 g/mol. The zero-order chi connectivity index (χ0) is 40.9. The van der Waals surface area contributed by atoms with E-state index >= 15 is 0 Å². The van der Waals surface area contributed by atoms with Crippen molar-refractivity contribution < 1.29 is 73.8 Å². The molecule has 0 aliphatic carbocycles. The topological polar surface area (TPSA) is 292 Å². The molecule has 0 aromatic rings. The minimum atomic E-state index is -1.95. The van der Waals surface area contributed by atoms with Crippen molar-refractivity contribution in [3.05, 3.63) is 0 Å². The molecule has 0 spiro atoms. The molecule has 0 bridgehead atoms. The molecule has 53 heavy (non-hydrogen) atoms. The van der Waals surface area contributed by atoms with Gasteiger partial charge in [0.05, 0.1) is 34.2 Å². The van der Waals surface area contributed by atoms with Crippen LogP contribution in [0.3, 0.4) is 0 Å². The summed E-state index contributed by atoms with van der Waals surface area (Å²) in [5, 5.41) is 65.3. The van der Waals surface area contributed by atoms with Crippen LogP contribution in [0.2, 0.25) is 0 Å². The van der Waals surface area contributed by atoms with E-state index in [4.69, 9.17) is 0 Å². The van der Waals surface area contributed by atoms with Crippen LogP contribution in [-0.4, -0.2) is 87.9 Å². The van der Waals surface area contributed by atoms with E-state index in [-0.39, 0.29) is 54.0 Å². The van der Waals surface area contributed by atoms with Gasteiger partial charge in [0, 0.05) is 54.9 Å². The number of hydrogen-bond acceptors (Lipinski definition) is 15. The van der Waals surface area contributed by atoms with Crippen LogP contribution in [0.4, 0.5) is 0 Å². The molecule has 0 N–H and O–H groups in total. The van der Waals surface area contributed by atoms with Gasteiger partial charge in [0.15, 0.2) is 0 Å². The van der Waals surface area contributed by atoms with E-state index in [9.17, 15) is 73.8 Å². The molecule has 0 aliphatic heterocycles. The normalized spacial score (nSPS) is 13.8. The van der Waals surface area contributed by atoms with Crippen molar-refractivity contribution in [3.8, 4) is 0 Å². The van der Waals surface area contributed by atoms with E-state index in [1.165, 1.54) is 20.8 Å². The van der Waals surface area contributed by atoms with Gasteiger partial charge in [-0.3, -0.25) is 14.4 Å². The second-order valence-corrected chi connectivity index (χ2v) is 12.4. The van der Waals surface area contributed by atoms with Crippen LogP contribution >= 0.6 is 0 Å². The maximum Gasteiger partial charge on any atom is 3.00 e. The van der Waals surface area contributed by atoms with E-state index in [0.717, 1.165) is 0 Å². The molecule has 0 fully saturated rings. The fraction of sp³-hybridized carbons (Fsp3) is 0.750. The molecule has 3 atom stereocenters. The van der Waals surface area contributed by atoms with E-state index < -0.39 is 106 Å². The Balaban J connectivity index is -0.000000213. The van der Waals surface area contributed by atoms with Crippen LogP contribution in [0, 0.1) is 34.0 Å². The van der Waals surface area contributed by atoms with Crippen LogP contribution in [0.5, 0.6) is 0 Å². The summed E-state index contributed by atoms with van der Waals surface area (Å²) in [5.74, 6) is -12.5. The Labute approximate surface area is 333 Å². The molecule has 0 rings (SSSR count). The quantitative estimate of drug-likeness (QED) is 0.0700. The molecule has 0 saturated heterocycles. The predicted octanol–water partition coefficient (Wildman–Crippen LogP) is -2.93. The van der Waals surface area contributed by atoms with Crippen LogP contribution in [0.1, 0.15) is 139 Å². The van der Waals surface area contributed by atoms with Gasteiger partial charge in [0.1, 0.15) is 17.3 Å². The number of carboxylic acids is 6. The molecule has 17 heteroatoms. The third-order valence-electron chi connectivity index (χ3n) is 9.81. The third-order valence-corrected chi connectivity index (χ3v) is 9.81. The van der Waals surface area contributed by atoms with E-state index in [1.54, 1.807) is 41.5 Å². The Bertz CT molecular complexity index is 1080. The van der Waals surface area contributed by atoms with Crippen molar-refractivity contribution in [1.29, 1.82) is 0 Å². The number of Topliss-reactive ketones (excluding diaryl/α,β-unsaturated/α-hetero) is 3. The number of ketones is 3. The largest absolute Gasteiger partial charge is 3.00 e. The van der Waals surface area contributed by atoms with Gasteiger partial charge in [-0.15, -0.1) is 0 Å². The van der Waals surface area contributed by atoms with Crippen molar-refractivity contribution in [1.82, 2.24) is 0 Å². The van der Waals surface area contributed by atoms with Crippen LogP contribution in [0.15, 0.2) is 0 Å². The van der Waals surface area contributed by atoms with Gasteiger partial charge in [-0.05, 0) is 57.8 Å². The van der Waals surface area contributed by atoms with Gasteiger partial charge in [0.25, 0.3) is 0 Å². The summed E-state index contributed by atoms with van der Waals surface area (Å²) >= 11 is 0. The second kappa shape index (κ2) is 28.4. The van der Waals surface area contributed by atoms with Gasteiger partial charge >= 0.3 is 34.7 Å². The van der Waals surface area contributed by atoms with Crippen LogP contribution in [0.25, 0.3) is 0 Å². The van der Waals surface area contributed by atoms with Crippen molar-refractivity contribution in [2.75, 3.05) is 0 Å². The third kappa shape index (κ3) is 16.4. The molecule has 3 unspecified atom stereocenters. The Morgan fingerprint density at radius 3 is 0.585 bits per heavy atom. The Morgan fingerprint density at radius 1 is 0.358 bits per heavy atom. The van der Waals surface area contributed by atoms with Crippen molar-refractivity contribution in [2.24, 2.45) is 34.0 Å². The Kier molecular flexibility index (Phi) is 31.7. The Hall–Kier alpha value is -3.11. The van der Waals surface area contributed by atoms with E-state index in [2.05, 4.69) is 0 Å². The number of hydrogen-bond donors (Lipinski definition) is 0. The maximum atomic E-state index is 12.1. The fourth-order valence-corrected chi connectivity index (χ4v) is 6.00. The van der Waals surface area contributed by atoms with Crippen LogP contribution < -0.4 is 30.6 Å². The summed E-state index contributed by atoms with van der Waals surface area (Å²) in [7, 11) is 0. The SMILES string of the molecule is CCC(CC)C(=O)C(CC)(CC(=O)[O-])C(=O)[O-].CCC(CC)C(=O)C(CC)(CC(=O)[O-])C(=O)[O-].CCC(CC)C(=O)C(CC)(CC(=O)[O-])C(=O)[O-].[Al+3].[Al+3]. The maximum absolute atomic E-state index is 12.1. The summed E-state index contributed by atoms with van der Waals surface area (Å²) in [6.45, 7) is 15.0. The van der Waals surface area contributed by atoms with Crippen LogP contribution in [-0.2, 0) is 43.2 Å². The number of carbonyl (C=O) groups excluding carboxylic acids is 9. The number of carbonyl (C=O) groups is 9. The molecule has 0 radical (unpaired) electrons.